The highest BCUT2D eigenvalue weighted by Gasteiger charge is 2.32. The van der Waals surface area contributed by atoms with Crippen LogP contribution in [0.3, 0.4) is 0 Å². The largest absolute Gasteiger partial charge is 0.376 e. The van der Waals surface area contributed by atoms with Crippen molar-refractivity contribution >= 4 is 5.91 Å². The molecule has 1 amide bonds. The molecule has 4 aliphatic rings. The molecule has 2 fully saturated rings. The Kier molecular flexibility index (Phi) is 7.29. The van der Waals surface area contributed by atoms with Gasteiger partial charge in [-0.25, -0.2) is 0 Å². The van der Waals surface area contributed by atoms with Crippen LogP contribution in [-0.4, -0.2) is 60.6 Å². The fourth-order valence-electron chi connectivity index (χ4n) is 6.29. The lowest BCUT2D eigenvalue weighted by Crippen LogP contribution is -2.46. The number of hydrogen-bond acceptors (Lipinski definition) is 3. The van der Waals surface area contributed by atoms with E-state index in [9.17, 15) is 4.79 Å². The average Bonchev–Trinajstić information content (AvgIpc) is 3.49. The third-order valence-corrected chi connectivity index (χ3v) is 8.24. The lowest BCUT2D eigenvalue weighted by Gasteiger charge is -2.38. The predicted molar refractivity (Wildman–Crippen MR) is 129 cm³/mol. The van der Waals surface area contributed by atoms with Crippen molar-refractivity contribution in [2.75, 3.05) is 32.8 Å². The number of carbonyl (C=O) groups excluding carboxylic acids is 1. The van der Waals surface area contributed by atoms with E-state index < -0.39 is 0 Å². The maximum Gasteiger partial charge on any atom is 0.226 e. The van der Waals surface area contributed by atoms with E-state index in [1.165, 1.54) is 57.2 Å². The van der Waals surface area contributed by atoms with Gasteiger partial charge in [-0.15, -0.1) is 0 Å². The number of ether oxygens (including phenoxy) is 1. The van der Waals surface area contributed by atoms with Crippen LogP contribution in [0.1, 0.15) is 68.9 Å². The van der Waals surface area contributed by atoms with Gasteiger partial charge >= 0.3 is 0 Å². The molecular weight excluding hydrogens is 396 g/mol. The molecule has 0 bridgehead atoms. The number of benzene rings is 1. The number of carbonyl (C=O) groups is 1. The lowest BCUT2D eigenvalue weighted by atomic mass is 9.93. The van der Waals surface area contributed by atoms with Crippen LogP contribution in [0.5, 0.6) is 0 Å². The second-order valence-corrected chi connectivity index (χ2v) is 10.5. The summed E-state index contributed by atoms with van der Waals surface area (Å²) in [4.78, 5) is 18.2. The summed E-state index contributed by atoms with van der Waals surface area (Å²) in [5.74, 6) is 0.961. The number of rotatable bonds is 7. The molecule has 1 unspecified atom stereocenters. The summed E-state index contributed by atoms with van der Waals surface area (Å²) in [5.41, 5.74) is 4.46. The zero-order valence-corrected chi connectivity index (χ0v) is 19.6. The number of allylic oxidation sites excluding steroid dienone is 1. The van der Waals surface area contributed by atoms with Crippen molar-refractivity contribution in [1.29, 1.82) is 0 Å². The van der Waals surface area contributed by atoms with Gasteiger partial charge in [-0.2, -0.15) is 0 Å². The number of amides is 1. The molecule has 1 aromatic rings. The Bertz CT molecular complexity index is 780. The standard InChI is InChI=1S/C28H40N2O2/c31-28(17-22-7-2-1-3-8-22)30(21-27-11-6-16-32-27)20-23-12-14-29(15-13-23)26-18-24-9-4-5-10-25(24)19-26/h4-5,7,9-10,23,26-27H,1-3,6,8,11-21H2. The first-order valence-electron chi connectivity index (χ1n) is 13.1. The van der Waals surface area contributed by atoms with Gasteiger partial charge in [0, 0.05) is 32.2 Å². The van der Waals surface area contributed by atoms with E-state index in [0.717, 1.165) is 45.4 Å². The highest BCUT2D eigenvalue weighted by Crippen LogP contribution is 2.30. The molecule has 5 rings (SSSR count). The van der Waals surface area contributed by atoms with Gasteiger partial charge in [0.1, 0.15) is 0 Å². The van der Waals surface area contributed by atoms with Gasteiger partial charge in [-0.1, -0.05) is 35.9 Å². The first kappa shape index (κ1) is 22.2. The summed E-state index contributed by atoms with van der Waals surface area (Å²) in [6.45, 7) is 4.93. The molecule has 4 heteroatoms. The monoisotopic (exact) mass is 436 g/mol. The van der Waals surface area contributed by atoms with Crippen LogP contribution in [-0.2, 0) is 22.4 Å². The van der Waals surface area contributed by atoms with Crippen molar-refractivity contribution in [2.24, 2.45) is 5.92 Å². The maximum absolute atomic E-state index is 13.3. The zero-order valence-electron chi connectivity index (χ0n) is 19.6. The SMILES string of the molecule is O=C(CC1=CCCCC1)N(CC1CCN(C2Cc3ccccc3C2)CC1)CC1CCCO1. The van der Waals surface area contributed by atoms with Crippen molar-refractivity contribution in [1.82, 2.24) is 9.80 Å². The Labute approximate surface area is 194 Å². The Hall–Kier alpha value is -1.65. The molecule has 0 N–H and O–H groups in total. The number of hydrogen-bond donors (Lipinski definition) is 0. The highest BCUT2D eigenvalue weighted by atomic mass is 16.5. The summed E-state index contributed by atoms with van der Waals surface area (Å²) in [7, 11) is 0. The van der Waals surface area contributed by atoms with Crippen molar-refractivity contribution in [3.63, 3.8) is 0 Å². The van der Waals surface area contributed by atoms with Crippen molar-refractivity contribution < 1.29 is 9.53 Å². The Morgan fingerprint density at radius 1 is 1.00 bits per heavy atom. The topological polar surface area (TPSA) is 32.8 Å². The Balaban J connectivity index is 1.15. The molecule has 2 aliphatic carbocycles. The number of nitrogens with zero attached hydrogens (tertiary/aromatic N) is 2. The van der Waals surface area contributed by atoms with E-state index in [1.54, 1.807) is 11.1 Å². The quantitative estimate of drug-likeness (QED) is 0.578. The van der Waals surface area contributed by atoms with Gasteiger partial charge < -0.3 is 9.64 Å². The molecule has 32 heavy (non-hydrogen) atoms. The molecule has 2 aliphatic heterocycles. The van der Waals surface area contributed by atoms with E-state index in [-0.39, 0.29) is 6.10 Å². The van der Waals surface area contributed by atoms with Crippen LogP contribution in [0.2, 0.25) is 0 Å². The van der Waals surface area contributed by atoms with Crippen molar-refractivity contribution in [3.05, 3.63) is 47.0 Å². The zero-order chi connectivity index (χ0) is 21.8. The van der Waals surface area contributed by atoms with E-state index in [1.807, 2.05) is 0 Å². The maximum atomic E-state index is 13.3. The van der Waals surface area contributed by atoms with E-state index >= 15 is 0 Å². The highest BCUT2D eigenvalue weighted by molar-refractivity contribution is 5.78. The van der Waals surface area contributed by atoms with Crippen LogP contribution in [0.25, 0.3) is 0 Å². The van der Waals surface area contributed by atoms with Gasteiger partial charge in [0.25, 0.3) is 0 Å². The van der Waals surface area contributed by atoms with Crippen LogP contribution >= 0.6 is 0 Å². The second kappa shape index (κ2) is 10.5. The summed E-state index contributed by atoms with van der Waals surface area (Å²) in [6, 6.07) is 9.64. The summed E-state index contributed by atoms with van der Waals surface area (Å²) >= 11 is 0. The van der Waals surface area contributed by atoms with Crippen LogP contribution in [0.4, 0.5) is 0 Å². The van der Waals surface area contributed by atoms with Crippen LogP contribution in [0, 0.1) is 5.92 Å². The minimum atomic E-state index is 0.247. The van der Waals surface area contributed by atoms with Gasteiger partial charge in [-0.05, 0) is 94.3 Å². The Morgan fingerprint density at radius 3 is 2.44 bits per heavy atom. The second-order valence-electron chi connectivity index (χ2n) is 10.5. The van der Waals surface area contributed by atoms with E-state index in [0.29, 0.717) is 24.3 Å². The number of likely N-dealkylation sites (tertiary alicyclic amines) is 1. The smallest absolute Gasteiger partial charge is 0.226 e. The third kappa shape index (κ3) is 5.46. The molecule has 1 aromatic carbocycles. The normalized spacial score (nSPS) is 25.0. The van der Waals surface area contributed by atoms with Crippen molar-refractivity contribution in [2.45, 2.75) is 82.8 Å². The molecular formula is C28H40N2O2. The number of piperidine rings is 1. The van der Waals surface area contributed by atoms with E-state index in [2.05, 4.69) is 40.1 Å². The third-order valence-electron chi connectivity index (χ3n) is 8.24. The Morgan fingerprint density at radius 2 is 1.78 bits per heavy atom. The van der Waals surface area contributed by atoms with Crippen molar-refractivity contribution in [3.8, 4) is 0 Å². The van der Waals surface area contributed by atoms with Crippen LogP contribution < -0.4 is 0 Å². The molecule has 0 spiro atoms. The molecule has 0 aromatic heterocycles. The molecule has 174 valence electrons. The molecule has 0 saturated carbocycles. The summed E-state index contributed by atoms with van der Waals surface area (Å²) < 4.78 is 5.91. The fourth-order valence-corrected chi connectivity index (χ4v) is 6.29. The predicted octanol–water partition coefficient (Wildman–Crippen LogP) is 4.76. The summed E-state index contributed by atoms with van der Waals surface area (Å²) in [5, 5.41) is 0. The summed E-state index contributed by atoms with van der Waals surface area (Å²) in [6.07, 6.45) is 15.1. The first-order valence-corrected chi connectivity index (χ1v) is 13.1. The number of fused-ring (bicyclic) bond motifs is 1. The average molecular weight is 437 g/mol. The van der Waals surface area contributed by atoms with Gasteiger partial charge in [0.15, 0.2) is 0 Å². The van der Waals surface area contributed by atoms with E-state index in [4.69, 9.17) is 4.74 Å². The minimum absolute atomic E-state index is 0.247. The molecule has 0 radical (unpaired) electrons. The lowest BCUT2D eigenvalue weighted by molar-refractivity contribution is -0.133. The van der Waals surface area contributed by atoms with Gasteiger partial charge in [0.2, 0.25) is 5.91 Å². The van der Waals surface area contributed by atoms with Gasteiger partial charge in [0.05, 0.1) is 6.10 Å². The molecule has 1 atom stereocenters. The first-order chi connectivity index (χ1) is 15.7. The molecule has 4 nitrogen and oxygen atoms in total. The minimum Gasteiger partial charge on any atom is -0.376 e. The van der Waals surface area contributed by atoms with Crippen LogP contribution in [0.15, 0.2) is 35.9 Å². The van der Waals surface area contributed by atoms with Gasteiger partial charge in [-0.3, -0.25) is 9.69 Å². The molecule has 2 heterocycles. The fraction of sp³-hybridized carbons (Fsp3) is 0.679. The molecule has 2 saturated heterocycles.